The smallest absolute Gasteiger partial charge is 0.0624 e. The molecule has 0 spiro atoms. The summed E-state index contributed by atoms with van der Waals surface area (Å²) in [6, 6.07) is 9.19. The number of benzene rings is 1. The maximum Gasteiger partial charge on any atom is 0.0624 e. The van der Waals surface area contributed by atoms with Gasteiger partial charge in [-0.2, -0.15) is 0 Å². The molecule has 1 fully saturated rings. The van der Waals surface area contributed by atoms with Gasteiger partial charge in [0.15, 0.2) is 0 Å². The molecule has 3 heteroatoms. The summed E-state index contributed by atoms with van der Waals surface area (Å²) in [5.74, 6) is 0.581. The summed E-state index contributed by atoms with van der Waals surface area (Å²) in [5.41, 5.74) is 2.61. The lowest BCUT2D eigenvalue weighted by Gasteiger charge is -2.26. The number of rotatable bonds is 6. The first-order valence-corrected chi connectivity index (χ1v) is 7.29. The van der Waals surface area contributed by atoms with Crippen molar-refractivity contribution in [2.24, 2.45) is 5.92 Å². The normalized spacial score (nSPS) is 22.7. The zero-order valence-corrected chi connectivity index (χ0v) is 12.4. The van der Waals surface area contributed by atoms with E-state index in [0.29, 0.717) is 12.0 Å². The lowest BCUT2D eigenvalue weighted by molar-refractivity contribution is 0.183. The van der Waals surface area contributed by atoms with Crippen molar-refractivity contribution < 1.29 is 4.74 Å². The summed E-state index contributed by atoms with van der Waals surface area (Å²) in [4.78, 5) is 2.34. The fraction of sp³-hybridized carbons (Fsp3) is 0.625. The topological polar surface area (TPSA) is 24.5 Å². The molecule has 1 heterocycles. The van der Waals surface area contributed by atoms with E-state index >= 15 is 0 Å². The third-order valence-electron chi connectivity index (χ3n) is 3.81. The Labute approximate surface area is 116 Å². The van der Waals surface area contributed by atoms with E-state index in [2.05, 4.69) is 55.4 Å². The summed E-state index contributed by atoms with van der Waals surface area (Å²) in [7, 11) is 2.17. The van der Waals surface area contributed by atoms with Gasteiger partial charge < -0.3 is 15.0 Å². The fourth-order valence-corrected chi connectivity index (χ4v) is 2.66. The molecule has 1 aromatic rings. The molecular formula is C16H26N2O. The Kier molecular flexibility index (Phi) is 5.23. The highest BCUT2D eigenvalue weighted by atomic mass is 16.5. The molecule has 0 aromatic heterocycles. The van der Waals surface area contributed by atoms with Crippen LogP contribution in [-0.2, 0) is 4.74 Å². The van der Waals surface area contributed by atoms with E-state index in [1.54, 1.807) is 0 Å². The molecule has 0 aliphatic carbocycles. The van der Waals surface area contributed by atoms with Crippen molar-refractivity contribution in [1.29, 1.82) is 0 Å². The summed E-state index contributed by atoms with van der Waals surface area (Å²) in [6.07, 6.45) is 1.18. The molecule has 1 saturated heterocycles. The Morgan fingerprint density at radius 3 is 2.95 bits per heavy atom. The Morgan fingerprint density at radius 1 is 1.37 bits per heavy atom. The Bertz CT molecular complexity index is 394. The molecule has 0 saturated carbocycles. The molecule has 1 aliphatic heterocycles. The van der Waals surface area contributed by atoms with Crippen molar-refractivity contribution in [1.82, 2.24) is 5.32 Å². The van der Waals surface area contributed by atoms with Gasteiger partial charge in [-0.15, -0.1) is 0 Å². The summed E-state index contributed by atoms with van der Waals surface area (Å²) < 4.78 is 5.64. The van der Waals surface area contributed by atoms with E-state index in [1.807, 2.05) is 0 Å². The lowest BCUT2D eigenvalue weighted by Crippen LogP contribution is -2.41. The fourth-order valence-electron chi connectivity index (χ4n) is 2.66. The highest BCUT2D eigenvalue weighted by molar-refractivity contribution is 5.47. The first kappa shape index (κ1) is 14.4. The van der Waals surface area contributed by atoms with Crippen LogP contribution in [0.25, 0.3) is 0 Å². The van der Waals surface area contributed by atoms with Gasteiger partial charge in [0.1, 0.15) is 0 Å². The third kappa shape index (κ3) is 3.95. The molecule has 0 radical (unpaired) electrons. The molecule has 0 bridgehead atoms. The van der Waals surface area contributed by atoms with E-state index < -0.39 is 0 Å². The van der Waals surface area contributed by atoms with Crippen LogP contribution in [0.15, 0.2) is 24.3 Å². The largest absolute Gasteiger partial charge is 0.379 e. The van der Waals surface area contributed by atoms with Crippen LogP contribution in [-0.4, -0.2) is 39.4 Å². The van der Waals surface area contributed by atoms with Crippen molar-refractivity contribution in [3.05, 3.63) is 29.8 Å². The predicted molar refractivity (Wildman–Crippen MR) is 80.8 cm³/mol. The first-order valence-electron chi connectivity index (χ1n) is 7.29. The van der Waals surface area contributed by atoms with Crippen LogP contribution < -0.4 is 10.2 Å². The first-order chi connectivity index (χ1) is 9.20. The molecular weight excluding hydrogens is 236 g/mol. The minimum atomic E-state index is 0.507. The standard InChI is InChI=1S/C16H26N2O/c1-4-8-17-16-12-19-11-14(16)10-18(3)15-7-5-6-13(2)9-15/h5-7,9,14,16-17H,4,8,10-12H2,1-3H3. The van der Waals surface area contributed by atoms with Gasteiger partial charge >= 0.3 is 0 Å². The van der Waals surface area contributed by atoms with Crippen molar-refractivity contribution in [3.8, 4) is 0 Å². The zero-order chi connectivity index (χ0) is 13.7. The quantitative estimate of drug-likeness (QED) is 0.852. The average molecular weight is 262 g/mol. The van der Waals surface area contributed by atoms with Crippen LogP contribution in [0.4, 0.5) is 5.69 Å². The second kappa shape index (κ2) is 6.92. The van der Waals surface area contributed by atoms with Gasteiger partial charge in [0.05, 0.1) is 13.2 Å². The maximum absolute atomic E-state index is 5.64. The van der Waals surface area contributed by atoms with Crippen LogP contribution in [0.3, 0.4) is 0 Å². The number of hydrogen-bond donors (Lipinski definition) is 1. The Balaban J connectivity index is 1.92. The number of aryl methyl sites for hydroxylation is 1. The zero-order valence-electron chi connectivity index (χ0n) is 12.4. The Hall–Kier alpha value is -1.06. The molecule has 106 valence electrons. The van der Waals surface area contributed by atoms with Crippen LogP contribution >= 0.6 is 0 Å². The van der Waals surface area contributed by atoms with Crippen molar-refractivity contribution >= 4 is 5.69 Å². The van der Waals surface area contributed by atoms with Crippen molar-refractivity contribution in [2.75, 3.05) is 38.3 Å². The molecule has 2 rings (SSSR count). The number of nitrogens with zero attached hydrogens (tertiary/aromatic N) is 1. The third-order valence-corrected chi connectivity index (χ3v) is 3.81. The second-order valence-corrected chi connectivity index (χ2v) is 5.58. The van der Waals surface area contributed by atoms with Crippen LogP contribution in [0, 0.1) is 12.8 Å². The van der Waals surface area contributed by atoms with Gasteiger partial charge in [-0.3, -0.25) is 0 Å². The van der Waals surface area contributed by atoms with Gasteiger partial charge in [-0.25, -0.2) is 0 Å². The highest BCUT2D eigenvalue weighted by Crippen LogP contribution is 2.20. The SMILES string of the molecule is CCCNC1COCC1CN(C)c1cccc(C)c1. The van der Waals surface area contributed by atoms with Crippen molar-refractivity contribution in [3.63, 3.8) is 0 Å². The minimum absolute atomic E-state index is 0.507. The van der Waals surface area contributed by atoms with Crippen LogP contribution in [0.1, 0.15) is 18.9 Å². The number of anilines is 1. The molecule has 1 N–H and O–H groups in total. The number of nitrogens with one attached hydrogen (secondary N) is 1. The van der Waals surface area contributed by atoms with E-state index in [0.717, 1.165) is 26.3 Å². The molecule has 3 nitrogen and oxygen atoms in total. The Morgan fingerprint density at radius 2 is 2.21 bits per heavy atom. The van der Waals surface area contributed by atoms with Gasteiger partial charge in [-0.05, 0) is 37.6 Å². The average Bonchev–Trinajstić information content (AvgIpc) is 2.83. The van der Waals surface area contributed by atoms with E-state index in [9.17, 15) is 0 Å². The molecule has 19 heavy (non-hydrogen) atoms. The van der Waals surface area contributed by atoms with E-state index in [4.69, 9.17) is 4.74 Å². The van der Waals surface area contributed by atoms with Gasteiger partial charge in [0.2, 0.25) is 0 Å². The van der Waals surface area contributed by atoms with Gasteiger partial charge in [-0.1, -0.05) is 19.1 Å². The molecule has 2 atom stereocenters. The van der Waals surface area contributed by atoms with E-state index in [1.165, 1.54) is 17.7 Å². The highest BCUT2D eigenvalue weighted by Gasteiger charge is 2.28. The minimum Gasteiger partial charge on any atom is -0.379 e. The summed E-state index contributed by atoms with van der Waals surface area (Å²) in [5, 5.41) is 3.60. The van der Waals surface area contributed by atoms with Crippen LogP contribution in [0.2, 0.25) is 0 Å². The lowest BCUT2D eigenvalue weighted by atomic mass is 10.0. The maximum atomic E-state index is 5.64. The number of hydrogen-bond acceptors (Lipinski definition) is 3. The molecule has 1 aromatic carbocycles. The second-order valence-electron chi connectivity index (χ2n) is 5.58. The molecule has 1 aliphatic rings. The van der Waals surface area contributed by atoms with Crippen molar-refractivity contribution in [2.45, 2.75) is 26.3 Å². The molecule has 2 unspecified atom stereocenters. The van der Waals surface area contributed by atoms with E-state index in [-0.39, 0.29) is 0 Å². The number of ether oxygens (including phenoxy) is 1. The summed E-state index contributed by atoms with van der Waals surface area (Å²) in [6.45, 7) is 8.20. The monoisotopic (exact) mass is 262 g/mol. The molecule has 0 amide bonds. The predicted octanol–water partition coefficient (Wildman–Crippen LogP) is 2.45. The van der Waals surface area contributed by atoms with Crippen LogP contribution in [0.5, 0.6) is 0 Å². The van der Waals surface area contributed by atoms with Gasteiger partial charge in [0.25, 0.3) is 0 Å². The summed E-state index contributed by atoms with van der Waals surface area (Å²) >= 11 is 0. The van der Waals surface area contributed by atoms with Gasteiger partial charge in [0, 0.05) is 31.2 Å².